The molecule has 0 saturated carbocycles. The summed E-state index contributed by atoms with van der Waals surface area (Å²) in [4.78, 5) is 36.6. The van der Waals surface area contributed by atoms with E-state index in [-0.39, 0.29) is 30.3 Å². The van der Waals surface area contributed by atoms with Crippen LogP contribution in [0.3, 0.4) is 0 Å². The number of carbonyl (C=O) groups is 3. The largest absolute Gasteiger partial charge is 0.354 e. The average molecular weight is 312 g/mol. The van der Waals surface area contributed by atoms with Gasteiger partial charge in [-0.05, 0) is 33.1 Å². The minimum atomic E-state index is -0.860. The van der Waals surface area contributed by atoms with Crippen molar-refractivity contribution >= 4 is 17.8 Å². The van der Waals surface area contributed by atoms with Gasteiger partial charge in [-0.25, -0.2) is 4.79 Å². The Kier molecular flexibility index (Phi) is 5.93. The van der Waals surface area contributed by atoms with Gasteiger partial charge in [-0.3, -0.25) is 14.5 Å². The molecule has 4 amide bonds. The molecule has 1 fully saturated rings. The average Bonchev–Trinajstić information content (AvgIpc) is 2.66. The number of nitrogens with one attached hydrogen (secondary N) is 2. The van der Waals surface area contributed by atoms with Crippen LogP contribution in [0.5, 0.6) is 0 Å². The van der Waals surface area contributed by atoms with Crippen molar-refractivity contribution in [1.82, 2.24) is 15.5 Å². The van der Waals surface area contributed by atoms with Crippen molar-refractivity contribution in [3.8, 4) is 0 Å². The third kappa shape index (κ3) is 4.43. The molecule has 22 heavy (non-hydrogen) atoms. The third-order valence-corrected chi connectivity index (χ3v) is 4.28. The van der Waals surface area contributed by atoms with Crippen LogP contribution in [0.1, 0.15) is 53.4 Å². The van der Waals surface area contributed by atoms with E-state index in [2.05, 4.69) is 10.6 Å². The molecule has 0 aromatic heterocycles. The molecule has 0 aliphatic carbocycles. The summed E-state index contributed by atoms with van der Waals surface area (Å²) in [7, 11) is 0. The Hall–Kier alpha value is -1.63. The third-order valence-electron chi connectivity index (χ3n) is 4.28. The van der Waals surface area contributed by atoms with Crippen molar-refractivity contribution in [2.45, 2.75) is 64.5 Å². The van der Waals surface area contributed by atoms with Crippen molar-refractivity contribution in [2.75, 3.05) is 13.1 Å². The van der Waals surface area contributed by atoms with Gasteiger partial charge in [0, 0.05) is 25.0 Å². The Balaban J connectivity index is 2.34. The summed E-state index contributed by atoms with van der Waals surface area (Å²) in [5.41, 5.74) is 4.89. The van der Waals surface area contributed by atoms with Crippen LogP contribution in [0.4, 0.5) is 4.79 Å². The number of carbonyl (C=O) groups excluding carboxylic acids is 3. The van der Waals surface area contributed by atoms with E-state index in [4.69, 9.17) is 5.73 Å². The summed E-state index contributed by atoms with van der Waals surface area (Å²) in [6.45, 7) is 8.00. The molecule has 4 N–H and O–H groups in total. The molecule has 1 saturated heterocycles. The zero-order valence-electron chi connectivity index (χ0n) is 14.0. The molecule has 126 valence electrons. The van der Waals surface area contributed by atoms with Crippen molar-refractivity contribution < 1.29 is 14.4 Å². The minimum absolute atomic E-state index is 0.108. The Morgan fingerprint density at radius 3 is 2.36 bits per heavy atom. The van der Waals surface area contributed by atoms with E-state index in [1.807, 2.05) is 13.8 Å². The first-order valence-electron chi connectivity index (χ1n) is 7.85. The number of nitrogens with two attached hydrogens (primary N) is 1. The summed E-state index contributed by atoms with van der Waals surface area (Å²) in [5.74, 6) is -0.362. The lowest BCUT2D eigenvalue weighted by molar-refractivity contribution is -0.130. The van der Waals surface area contributed by atoms with Gasteiger partial charge in [0.1, 0.15) is 5.54 Å². The van der Waals surface area contributed by atoms with E-state index in [1.165, 1.54) is 4.90 Å². The smallest absolute Gasteiger partial charge is 0.325 e. The standard InChI is InChI=1S/C15H28N4O3/c1-5-15(16,6-2)10-17-11(20)8-7-9-19-12(21)14(3,4)18-13(19)22/h5-10,16H2,1-4H3,(H,17,20)(H,18,22). The Bertz CT molecular complexity index is 444. The van der Waals surface area contributed by atoms with Crippen LogP contribution in [0.2, 0.25) is 0 Å². The predicted molar refractivity (Wildman–Crippen MR) is 84.1 cm³/mol. The normalized spacial score (nSPS) is 17.6. The number of nitrogens with zero attached hydrogens (tertiary/aromatic N) is 1. The molecule has 0 radical (unpaired) electrons. The maximum Gasteiger partial charge on any atom is 0.325 e. The van der Waals surface area contributed by atoms with Crippen molar-refractivity contribution in [3.05, 3.63) is 0 Å². The second kappa shape index (κ2) is 7.09. The SMILES string of the molecule is CCC(N)(CC)CNC(=O)CCCN1C(=O)NC(C)(C)C1=O. The van der Waals surface area contributed by atoms with E-state index >= 15 is 0 Å². The lowest BCUT2D eigenvalue weighted by atomic mass is 9.94. The van der Waals surface area contributed by atoms with Gasteiger partial charge >= 0.3 is 6.03 Å². The van der Waals surface area contributed by atoms with Gasteiger partial charge < -0.3 is 16.4 Å². The van der Waals surface area contributed by atoms with Gasteiger partial charge in [-0.15, -0.1) is 0 Å². The molecule has 0 aromatic carbocycles. The highest BCUT2D eigenvalue weighted by Gasteiger charge is 2.43. The predicted octanol–water partition coefficient (Wildman–Crippen LogP) is 0.731. The van der Waals surface area contributed by atoms with Gasteiger partial charge in [-0.1, -0.05) is 13.8 Å². The van der Waals surface area contributed by atoms with Gasteiger partial charge in [0.2, 0.25) is 5.91 Å². The summed E-state index contributed by atoms with van der Waals surface area (Å²) < 4.78 is 0. The van der Waals surface area contributed by atoms with Crippen molar-refractivity contribution in [3.63, 3.8) is 0 Å². The topological polar surface area (TPSA) is 105 Å². The first-order chi connectivity index (χ1) is 10.1. The Morgan fingerprint density at radius 2 is 1.91 bits per heavy atom. The highest BCUT2D eigenvalue weighted by Crippen LogP contribution is 2.17. The summed E-state index contributed by atoms with van der Waals surface area (Å²) in [6, 6.07) is -0.395. The second-order valence-electron chi connectivity index (χ2n) is 6.46. The molecule has 1 rings (SSSR count). The molecule has 0 spiro atoms. The first kappa shape index (κ1) is 18.4. The number of urea groups is 1. The van der Waals surface area contributed by atoms with Gasteiger partial charge in [0.05, 0.1) is 0 Å². The van der Waals surface area contributed by atoms with E-state index in [9.17, 15) is 14.4 Å². The highest BCUT2D eigenvalue weighted by atomic mass is 16.2. The van der Waals surface area contributed by atoms with E-state index in [1.54, 1.807) is 13.8 Å². The van der Waals surface area contributed by atoms with E-state index in [0.29, 0.717) is 13.0 Å². The monoisotopic (exact) mass is 312 g/mol. The van der Waals surface area contributed by atoms with Crippen molar-refractivity contribution in [2.24, 2.45) is 5.73 Å². The number of rotatable bonds is 8. The fraction of sp³-hybridized carbons (Fsp3) is 0.800. The first-order valence-corrected chi connectivity index (χ1v) is 7.85. The maximum atomic E-state index is 12.0. The fourth-order valence-corrected chi connectivity index (χ4v) is 2.28. The molecule has 0 aromatic rings. The molecule has 1 heterocycles. The molecule has 0 bridgehead atoms. The molecular formula is C15H28N4O3. The van der Waals surface area contributed by atoms with Crippen LogP contribution in [0.25, 0.3) is 0 Å². The van der Waals surface area contributed by atoms with Gasteiger partial charge in [0.15, 0.2) is 0 Å². The van der Waals surface area contributed by atoms with Gasteiger partial charge in [-0.2, -0.15) is 0 Å². The molecule has 1 aliphatic heterocycles. The Morgan fingerprint density at radius 1 is 1.32 bits per heavy atom. The summed E-state index contributed by atoms with van der Waals surface area (Å²) in [6.07, 6.45) is 2.29. The minimum Gasteiger partial charge on any atom is -0.354 e. The van der Waals surface area contributed by atoms with Crippen LogP contribution in [0, 0.1) is 0 Å². The van der Waals surface area contributed by atoms with Crippen LogP contribution in [-0.4, -0.2) is 46.9 Å². The summed E-state index contributed by atoms with van der Waals surface area (Å²) >= 11 is 0. The van der Waals surface area contributed by atoms with E-state index < -0.39 is 11.6 Å². The lowest BCUT2D eigenvalue weighted by Gasteiger charge is -2.26. The molecule has 0 atom stereocenters. The second-order valence-corrected chi connectivity index (χ2v) is 6.46. The number of amides is 4. The molecule has 0 unspecified atom stereocenters. The zero-order valence-corrected chi connectivity index (χ0v) is 14.0. The van der Waals surface area contributed by atoms with Crippen LogP contribution < -0.4 is 16.4 Å². The molecule has 1 aliphatic rings. The number of hydrogen-bond donors (Lipinski definition) is 3. The van der Waals surface area contributed by atoms with Crippen LogP contribution >= 0.6 is 0 Å². The fourth-order valence-electron chi connectivity index (χ4n) is 2.28. The molecule has 7 nitrogen and oxygen atoms in total. The van der Waals surface area contributed by atoms with Gasteiger partial charge in [0.25, 0.3) is 5.91 Å². The van der Waals surface area contributed by atoms with Crippen LogP contribution in [-0.2, 0) is 9.59 Å². The summed E-state index contributed by atoms with van der Waals surface area (Å²) in [5, 5.41) is 5.43. The number of hydrogen-bond acceptors (Lipinski definition) is 4. The Labute approximate surface area is 132 Å². The lowest BCUT2D eigenvalue weighted by Crippen LogP contribution is -2.49. The molecule has 7 heteroatoms. The highest BCUT2D eigenvalue weighted by molar-refractivity contribution is 6.06. The van der Waals surface area contributed by atoms with E-state index in [0.717, 1.165) is 12.8 Å². The maximum absolute atomic E-state index is 12.0. The zero-order chi connectivity index (χ0) is 17.0. The van der Waals surface area contributed by atoms with Crippen molar-refractivity contribution in [1.29, 1.82) is 0 Å². The molecular weight excluding hydrogens is 284 g/mol. The van der Waals surface area contributed by atoms with Crippen LogP contribution in [0.15, 0.2) is 0 Å². The quantitative estimate of drug-likeness (QED) is 0.575. The number of imide groups is 1.